The van der Waals surface area contributed by atoms with Gasteiger partial charge < -0.3 is 4.74 Å². The highest BCUT2D eigenvalue weighted by Crippen LogP contribution is 2.35. The Bertz CT molecular complexity index is 826. The quantitative estimate of drug-likeness (QED) is 0.870. The predicted molar refractivity (Wildman–Crippen MR) is 77.5 cm³/mol. The molecule has 0 aliphatic heterocycles. The highest BCUT2D eigenvalue weighted by Gasteiger charge is 2.19. The number of benzene rings is 1. The molecule has 0 amide bonds. The molecular weight excluding hydrogens is 276 g/mol. The second kappa shape index (κ2) is 4.84. The zero-order chi connectivity index (χ0) is 15.1. The topological polar surface area (TPSA) is 72.1 Å². The summed E-state index contributed by atoms with van der Waals surface area (Å²) in [4.78, 5) is 0. The number of hydrogen-bond acceptors (Lipinski definition) is 4. The Morgan fingerprint density at radius 2 is 1.90 bits per heavy atom. The molecule has 0 saturated carbocycles. The molecule has 2 aromatic rings. The van der Waals surface area contributed by atoms with Gasteiger partial charge >= 0.3 is 0 Å². The van der Waals surface area contributed by atoms with Gasteiger partial charge in [0.15, 0.2) is 6.61 Å². The summed E-state index contributed by atoms with van der Waals surface area (Å²) in [5.74, 6) is 0.583. The maximum Gasteiger partial charge on any atom is 0.236 e. The molecule has 6 heteroatoms. The summed E-state index contributed by atoms with van der Waals surface area (Å²) in [7, 11) is -3.38. The van der Waals surface area contributed by atoms with Gasteiger partial charge in [0.1, 0.15) is 11.8 Å². The summed E-state index contributed by atoms with van der Waals surface area (Å²) in [5.41, 5.74) is 3.23. The molecule has 0 spiro atoms. The molecule has 0 N–H and O–H groups in total. The van der Waals surface area contributed by atoms with E-state index < -0.39 is 10.0 Å². The van der Waals surface area contributed by atoms with Crippen LogP contribution in [-0.2, 0) is 10.0 Å². The molecule has 0 bridgehead atoms. The van der Waals surface area contributed by atoms with E-state index in [0.717, 1.165) is 28.3 Å². The van der Waals surface area contributed by atoms with E-state index in [1.54, 1.807) is 12.3 Å². The lowest BCUT2D eigenvalue weighted by atomic mass is 10.0. The second-order valence-electron chi connectivity index (χ2n) is 4.79. The standard InChI is InChI=1S/C14H16N2O3S/c1-9-10(2)14(19-8-6-15)11(3)13-12(9)5-7-16(13)20(4,17)18/h5,7H,8H2,1-4H3. The van der Waals surface area contributed by atoms with Gasteiger partial charge in [-0.1, -0.05) is 0 Å². The van der Waals surface area contributed by atoms with E-state index in [1.807, 2.05) is 26.8 Å². The summed E-state index contributed by atoms with van der Waals surface area (Å²) in [6, 6.07) is 3.72. The molecule has 5 nitrogen and oxygen atoms in total. The van der Waals surface area contributed by atoms with E-state index in [-0.39, 0.29) is 6.61 Å². The molecule has 0 saturated heterocycles. The Kier molecular flexibility index (Phi) is 3.48. The minimum Gasteiger partial charge on any atom is -0.478 e. The van der Waals surface area contributed by atoms with Gasteiger partial charge in [0, 0.05) is 17.1 Å². The van der Waals surface area contributed by atoms with Gasteiger partial charge in [-0.05, 0) is 38.0 Å². The summed E-state index contributed by atoms with van der Waals surface area (Å²) >= 11 is 0. The van der Waals surface area contributed by atoms with Crippen molar-refractivity contribution in [3.63, 3.8) is 0 Å². The van der Waals surface area contributed by atoms with Crippen molar-refractivity contribution in [1.29, 1.82) is 5.26 Å². The molecule has 0 fully saturated rings. The van der Waals surface area contributed by atoms with Gasteiger partial charge in [-0.3, -0.25) is 0 Å². The number of ether oxygens (including phenoxy) is 1. The lowest BCUT2D eigenvalue weighted by Crippen LogP contribution is -2.10. The van der Waals surface area contributed by atoms with Crippen LogP contribution in [0.5, 0.6) is 5.75 Å². The fourth-order valence-electron chi connectivity index (χ4n) is 2.44. The summed E-state index contributed by atoms with van der Waals surface area (Å²) in [6.07, 6.45) is 2.71. The average Bonchev–Trinajstić information content (AvgIpc) is 2.81. The molecule has 20 heavy (non-hydrogen) atoms. The largest absolute Gasteiger partial charge is 0.478 e. The number of rotatable bonds is 3. The van der Waals surface area contributed by atoms with E-state index in [2.05, 4.69) is 0 Å². The third kappa shape index (κ3) is 2.14. The molecule has 0 aliphatic carbocycles. The Balaban J connectivity index is 2.88. The number of nitriles is 1. The molecule has 0 aliphatic rings. The van der Waals surface area contributed by atoms with Crippen molar-refractivity contribution in [2.75, 3.05) is 12.9 Å². The predicted octanol–water partition coefficient (Wildman–Crippen LogP) is 2.28. The van der Waals surface area contributed by atoms with Crippen LogP contribution in [0.4, 0.5) is 0 Å². The summed E-state index contributed by atoms with van der Waals surface area (Å²) < 4.78 is 30.4. The summed E-state index contributed by atoms with van der Waals surface area (Å²) in [5, 5.41) is 9.54. The third-order valence-electron chi connectivity index (χ3n) is 3.49. The van der Waals surface area contributed by atoms with E-state index in [0.29, 0.717) is 11.3 Å². The van der Waals surface area contributed by atoms with Gasteiger partial charge in [0.2, 0.25) is 10.0 Å². The summed E-state index contributed by atoms with van der Waals surface area (Å²) in [6.45, 7) is 5.57. The van der Waals surface area contributed by atoms with Crippen molar-refractivity contribution in [3.05, 3.63) is 29.0 Å². The van der Waals surface area contributed by atoms with E-state index in [9.17, 15) is 8.42 Å². The van der Waals surface area contributed by atoms with Gasteiger partial charge in [0.25, 0.3) is 0 Å². The van der Waals surface area contributed by atoms with Crippen molar-refractivity contribution < 1.29 is 13.2 Å². The van der Waals surface area contributed by atoms with Gasteiger partial charge in [0.05, 0.1) is 11.8 Å². The molecule has 106 valence electrons. The molecule has 1 heterocycles. The van der Waals surface area contributed by atoms with Crippen LogP contribution in [0.25, 0.3) is 10.9 Å². The van der Waals surface area contributed by atoms with Crippen LogP contribution in [0, 0.1) is 32.1 Å². The van der Waals surface area contributed by atoms with Crippen LogP contribution >= 0.6 is 0 Å². The molecule has 1 aromatic carbocycles. The van der Waals surface area contributed by atoms with Crippen molar-refractivity contribution in [2.24, 2.45) is 0 Å². The van der Waals surface area contributed by atoms with Crippen LogP contribution in [0.15, 0.2) is 12.3 Å². The molecular formula is C14H16N2O3S. The zero-order valence-corrected chi connectivity index (χ0v) is 12.7. The van der Waals surface area contributed by atoms with Crippen LogP contribution in [-0.4, -0.2) is 25.3 Å². The molecule has 0 radical (unpaired) electrons. The van der Waals surface area contributed by atoms with E-state index in [1.165, 1.54) is 3.97 Å². The fraction of sp³-hybridized carbons (Fsp3) is 0.357. The van der Waals surface area contributed by atoms with E-state index >= 15 is 0 Å². The SMILES string of the molecule is Cc1c(OCC#N)c(C)c2c(ccn2S(C)(=O)=O)c1C. The van der Waals surface area contributed by atoms with Crippen LogP contribution in [0.1, 0.15) is 16.7 Å². The van der Waals surface area contributed by atoms with Gasteiger partial charge in [-0.25, -0.2) is 12.4 Å². The smallest absolute Gasteiger partial charge is 0.236 e. The normalized spacial score (nSPS) is 11.6. The van der Waals surface area contributed by atoms with E-state index in [4.69, 9.17) is 10.00 Å². The number of hydrogen-bond donors (Lipinski definition) is 0. The van der Waals surface area contributed by atoms with Crippen LogP contribution in [0.3, 0.4) is 0 Å². The maximum absolute atomic E-state index is 11.9. The monoisotopic (exact) mass is 292 g/mol. The molecule has 1 aromatic heterocycles. The zero-order valence-electron chi connectivity index (χ0n) is 11.9. The van der Waals surface area contributed by atoms with Crippen molar-refractivity contribution in [2.45, 2.75) is 20.8 Å². The number of fused-ring (bicyclic) bond motifs is 1. The highest BCUT2D eigenvalue weighted by atomic mass is 32.2. The first-order valence-electron chi connectivity index (χ1n) is 6.10. The fourth-order valence-corrected chi connectivity index (χ4v) is 3.29. The lowest BCUT2D eigenvalue weighted by Gasteiger charge is -2.15. The molecule has 0 unspecified atom stereocenters. The second-order valence-corrected chi connectivity index (χ2v) is 6.65. The Morgan fingerprint density at radius 1 is 1.25 bits per heavy atom. The van der Waals surface area contributed by atoms with Crippen LogP contribution < -0.4 is 4.74 Å². The molecule has 2 rings (SSSR count). The third-order valence-corrected chi connectivity index (χ3v) is 4.51. The number of nitrogens with zero attached hydrogens (tertiary/aromatic N) is 2. The number of aromatic nitrogens is 1. The first-order chi connectivity index (χ1) is 9.29. The first kappa shape index (κ1) is 14.4. The van der Waals surface area contributed by atoms with Crippen molar-refractivity contribution in [1.82, 2.24) is 3.97 Å². The van der Waals surface area contributed by atoms with Gasteiger partial charge in [-0.15, -0.1) is 0 Å². The maximum atomic E-state index is 11.9. The Hall–Kier alpha value is -2.00. The Morgan fingerprint density at radius 3 is 2.45 bits per heavy atom. The number of aryl methyl sites for hydroxylation is 2. The first-order valence-corrected chi connectivity index (χ1v) is 7.95. The average molecular weight is 292 g/mol. The van der Waals surface area contributed by atoms with Gasteiger partial charge in [-0.2, -0.15) is 5.26 Å². The van der Waals surface area contributed by atoms with Crippen molar-refractivity contribution >= 4 is 20.9 Å². The Labute approximate surface area is 118 Å². The van der Waals surface area contributed by atoms with Crippen molar-refractivity contribution in [3.8, 4) is 11.8 Å². The highest BCUT2D eigenvalue weighted by molar-refractivity contribution is 7.89. The minimum absolute atomic E-state index is 0.0633. The lowest BCUT2D eigenvalue weighted by molar-refractivity contribution is 0.363. The molecule has 0 atom stereocenters. The van der Waals surface area contributed by atoms with Crippen LogP contribution in [0.2, 0.25) is 0 Å². The minimum atomic E-state index is -3.38.